The van der Waals surface area contributed by atoms with Crippen molar-refractivity contribution in [3.8, 4) is 5.75 Å². The fraction of sp³-hybridized carbons (Fsp3) is 0.389. The van der Waals surface area contributed by atoms with Crippen LogP contribution < -0.4 is 15.8 Å². The summed E-state index contributed by atoms with van der Waals surface area (Å²) in [6.45, 7) is 0.754. The predicted molar refractivity (Wildman–Crippen MR) is 96.8 cm³/mol. The Hall–Kier alpha value is -1.85. The van der Waals surface area contributed by atoms with Gasteiger partial charge in [-0.3, -0.25) is 0 Å². The number of rotatable bonds is 6. The fourth-order valence-electron chi connectivity index (χ4n) is 2.88. The third-order valence-corrected chi connectivity index (χ3v) is 4.92. The van der Waals surface area contributed by atoms with Crippen LogP contribution in [0.5, 0.6) is 5.75 Å². The zero-order valence-electron chi connectivity index (χ0n) is 13.4. The van der Waals surface area contributed by atoms with Crippen molar-refractivity contribution in [2.75, 3.05) is 7.05 Å². The zero-order valence-corrected chi connectivity index (χ0v) is 14.2. The van der Waals surface area contributed by atoms with E-state index >= 15 is 0 Å². The lowest BCUT2D eigenvalue weighted by Gasteiger charge is -2.17. The number of hydrogen-bond donors (Lipinski definition) is 2. The molecule has 0 amide bonds. The van der Waals surface area contributed by atoms with Crippen LogP contribution in [-0.4, -0.2) is 19.0 Å². The first-order valence-corrected chi connectivity index (χ1v) is 8.96. The van der Waals surface area contributed by atoms with Crippen molar-refractivity contribution in [2.45, 2.75) is 38.3 Å². The summed E-state index contributed by atoms with van der Waals surface area (Å²) in [6, 6.07) is 10.0. The Morgan fingerprint density at radius 2 is 2.17 bits per heavy atom. The summed E-state index contributed by atoms with van der Waals surface area (Å²) in [6.07, 6.45) is 5.21. The first-order chi connectivity index (χ1) is 11.3. The van der Waals surface area contributed by atoms with E-state index in [1.165, 1.54) is 12.8 Å². The van der Waals surface area contributed by atoms with Gasteiger partial charge in [-0.05, 0) is 62.4 Å². The van der Waals surface area contributed by atoms with Crippen molar-refractivity contribution in [3.05, 3.63) is 46.2 Å². The van der Waals surface area contributed by atoms with Crippen LogP contribution in [0.2, 0.25) is 0 Å². The van der Waals surface area contributed by atoms with Crippen molar-refractivity contribution >= 4 is 22.9 Å². The normalized spacial score (nSPS) is 16.0. The predicted octanol–water partition coefficient (Wildman–Crippen LogP) is 3.83. The molecule has 2 aromatic rings. The monoisotopic (exact) mass is 329 g/mol. The van der Waals surface area contributed by atoms with E-state index in [9.17, 15) is 0 Å². The van der Waals surface area contributed by atoms with Crippen molar-refractivity contribution in [2.24, 2.45) is 10.7 Å². The minimum Gasteiger partial charge on any atom is -0.490 e. The molecule has 1 aliphatic rings. The Kier molecular flexibility index (Phi) is 5.31. The lowest BCUT2D eigenvalue weighted by atomic mass is 10.1. The second kappa shape index (κ2) is 7.62. The molecule has 4 nitrogen and oxygen atoms in total. The summed E-state index contributed by atoms with van der Waals surface area (Å²) in [7, 11) is 1.94. The molecule has 0 radical (unpaired) electrons. The maximum absolute atomic E-state index is 6.17. The molecule has 3 rings (SSSR count). The summed E-state index contributed by atoms with van der Waals surface area (Å²) < 4.78 is 6.17. The number of aliphatic imine (C=N–C) groups is 1. The first kappa shape index (κ1) is 16.0. The van der Waals surface area contributed by atoms with E-state index < -0.39 is 0 Å². The van der Waals surface area contributed by atoms with E-state index in [1.54, 1.807) is 11.3 Å². The van der Waals surface area contributed by atoms with Crippen molar-refractivity contribution < 1.29 is 4.74 Å². The SMILES string of the molecule is CNCc1cc(N=C(N)c2cccs2)ccc1OC1CCCC1. The van der Waals surface area contributed by atoms with Crippen LogP contribution in [0.15, 0.2) is 40.7 Å². The number of amidine groups is 1. The van der Waals surface area contributed by atoms with Crippen LogP contribution >= 0.6 is 11.3 Å². The summed E-state index contributed by atoms with van der Waals surface area (Å²) in [4.78, 5) is 5.53. The maximum atomic E-state index is 6.17. The minimum absolute atomic E-state index is 0.358. The average Bonchev–Trinajstić information content (AvgIpc) is 3.23. The van der Waals surface area contributed by atoms with Crippen LogP contribution in [0.3, 0.4) is 0 Å². The summed E-state index contributed by atoms with van der Waals surface area (Å²) in [5.74, 6) is 1.51. The second-order valence-corrected chi connectivity index (χ2v) is 6.77. The van der Waals surface area contributed by atoms with E-state index in [4.69, 9.17) is 10.5 Å². The van der Waals surface area contributed by atoms with Gasteiger partial charge in [0, 0.05) is 12.1 Å². The number of ether oxygens (including phenoxy) is 1. The van der Waals surface area contributed by atoms with Gasteiger partial charge in [-0.15, -0.1) is 11.3 Å². The molecule has 0 aliphatic heterocycles. The van der Waals surface area contributed by atoms with Gasteiger partial charge in [0.2, 0.25) is 0 Å². The van der Waals surface area contributed by atoms with Gasteiger partial charge in [0.05, 0.1) is 16.7 Å². The van der Waals surface area contributed by atoms with E-state index in [0.29, 0.717) is 11.9 Å². The molecule has 0 bridgehead atoms. The first-order valence-electron chi connectivity index (χ1n) is 8.08. The zero-order chi connectivity index (χ0) is 16.1. The Labute approximate surface area is 141 Å². The molecule has 0 saturated heterocycles. The molecular formula is C18H23N3OS. The van der Waals surface area contributed by atoms with Gasteiger partial charge in [0.15, 0.2) is 0 Å². The lowest BCUT2D eigenvalue weighted by Crippen LogP contribution is -2.14. The van der Waals surface area contributed by atoms with Gasteiger partial charge >= 0.3 is 0 Å². The lowest BCUT2D eigenvalue weighted by molar-refractivity contribution is 0.207. The fourth-order valence-corrected chi connectivity index (χ4v) is 3.51. The van der Waals surface area contributed by atoms with Crippen LogP contribution in [0.25, 0.3) is 0 Å². The molecule has 3 N–H and O–H groups in total. The highest BCUT2D eigenvalue weighted by atomic mass is 32.1. The van der Waals surface area contributed by atoms with Crippen molar-refractivity contribution in [3.63, 3.8) is 0 Å². The second-order valence-electron chi connectivity index (χ2n) is 5.82. The van der Waals surface area contributed by atoms with Crippen molar-refractivity contribution in [1.82, 2.24) is 5.32 Å². The third-order valence-electron chi connectivity index (χ3n) is 4.03. The Morgan fingerprint density at radius 3 is 2.87 bits per heavy atom. The van der Waals surface area contributed by atoms with Gasteiger partial charge in [-0.25, -0.2) is 4.99 Å². The van der Waals surface area contributed by atoms with Gasteiger partial charge < -0.3 is 15.8 Å². The molecule has 0 atom stereocenters. The number of nitrogens with zero attached hydrogens (tertiary/aromatic N) is 1. The Bertz CT molecular complexity index is 661. The van der Waals surface area contributed by atoms with Gasteiger partial charge in [0.1, 0.15) is 11.6 Å². The summed E-state index contributed by atoms with van der Waals surface area (Å²) >= 11 is 1.60. The highest BCUT2D eigenvalue weighted by Gasteiger charge is 2.18. The molecule has 1 saturated carbocycles. The highest BCUT2D eigenvalue weighted by Crippen LogP contribution is 2.29. The number of hydrogen-bond acceptors (Lipinski definition) is 4. The number of benzene rings is 1. The number of thiophene rings is 1. The summed E-state index contributed by atoms with van der Waals surface area (Å²) in [5, 5.41) is 5.20. The van der Waals surface area contributed by atoms with Gasteiger partial charge in [-0.1, -0.05) is 6.07 Å². The molecule has 122 valence electrons. The van der Waals surface area contributed by atoms with Gasteiger partial charge in [-0.2, -0.15) is 0 Å². The average molecular weight is 329 g/mol. The largest absolute Gasteiger partial charge is 0.490 e. The van der Waals surface area contributed by atoms with E-state index in [0.717, 1.165) is 41.3 Å². The Morgan fingerprint density at radius 1 is 1.35 bits per heavy atom. The smallest absolute Gasteiger partial charge is 0.141 e. The van der Waals surface area contributed by atoms with Gasteiger partial charge in [0.25, 0.3) is 0 Å². The minimum atomic E-state index is 0.358. The molecule has 1 aromatic heterocycles. The van der Waals surface area contributed by atoms with Crippen molar-refractivity contribution in [1.29, 1.82) is 0 Å². The molecule has 1 fully saturated rings. The molecular weight excluding hydrogens is 306 g/mol. The summed E-state index contributed by atoms with van der Waals surface area (Å²) in [5.41, 5.74) is 8.06. The highest BCUT2D eigenvalue weighted by molar-refractivity contribution is 7.12. The van der Waals surface area contributed by atoms with Crippen LogP contribution in [0.4, 0.5) is 5.69 Å². The van der Waals surface area contributed by atoms with Crippen LogP contribution in [0, 0.1) is 0 Å². The number of nitrogens with two attached hydrogens (primary N) is 1. The van der Waals surface area contributed by atoms with Crippen LogP contribution in [0.1, 0.15) is 36.1 Å². The van der Waals surface area contributed by atoms with E-state index in [-0.39, 0.29) is 0 Å². The quantitative estimate of drug-likeness (QED) is 0.625. The Balaban J connectivity index is 1.82. The number of nitrogens with one attached hydrogen (secondary N) is 1. The molecule has 1 aromatic carbocycles. The van der Waals surface area contributed by atoms with E-state index in [2.05, 4.69) is 16.4 Å². The third kappa shape index (κ3) is 4.12. The molecule has 1 heterocycles. The molecule has 1 aliphatic carbocycles. The van der Waals surface area contributed by atoms with Crippen LogP contribution in [-0.2, 0) is 6.54 Å². The molecule has 0 spiro atoms. The standard InChI is InChI=1S/C18H23N3OS/c1-20-12-13-11-14(21-18(19)17-7-4-10-23-17)8-9-16(13)22-15-5-2-3-6-15/h4,7-11,15,20H,2-3,5-6,12H2,1H3,(H2,19,21). The topological polar surface area (TPSA) is 59.6 Å². The molecule has 5 heteroatoms. The van der Waals surface area contributed by atoms with E-state index in [1.807, 2.05) is 36.7 Å². The maximum Gasteiger partial charge on any atom is 0.141 e. The molecule has 0 unspecified atom stereocenters. The molecule has 23 heavy (non-hydrogen) atoms.